The van der Waals surface area contributed by atoms with E-state index >= 15 is 0 Å². The summed E-state index contributed by atoms with van der Waals surface area (Å²) in [5.41, 5.74) is 6.59. The SMILES string of the molecule is CCNC(=O)C1(CCCN2CCN(c3ccc4c(c3)C(=O)N(Cc3cccc(C)c3)CC4)CC2)c2ccccc2Oc2ccccc21. The molecule has 7 heteroatoms. The van der Waals surface area contributed by atoms with Gasteiger partial charge in [-0.15, -0.1) is 0 Å². The summed E-state index contributed by atoms with van der Waals surface area (Å²) in [4.78, 5) is 34.4. The van der Waals surface area contributed by atoms with E-state index in [1.54, 1.807) is 0 Å². The second-order valence-electron chi connectivity index (χ2n) is 13.1. The topological polar surface area (TPSA) is 65.1 Å². The Hall–Kier alpha value is -4.62. The van der Waals surface area contributed by atoms with Gasteiger partial charge in [-0.3, -0.25) is 14.5 Å². The van der Waals surface area contributed by atoms with Crippen LogP contribution in [0.25, 0.3) is 0 Å². The molecule has 1 saturated heterocycles. The Morgan fingerprint density at radius 1 is 0.851 bits per heavy atom. The molecule has 1 fully saturated rings. The zero-order valence-electron chi connectivity index (χ0n) is 27.5. The first-order valence-electron chi connectivity index (χ1n) is 17.1. The van der Waals surface area contributed by atoms with Gasteiger partial charge in [0.15, 0.2) is 0 Å². The lowest BCUT2D eigenvalue weighted by Crippen LogP contribution is -2.49. The number of benzene rings is 4. The van der Waals surface area contributed by atoms with E-state index in [1.807, 2.05) is 60.4 Å². The van der Waals surface area contributed by atoms with Gasteiger partial charge < -0.3 is 19.9 Å². The van der Waals surface area contributed by atoms with Gasteiger partial charge in [0.2, 0.25) is 5.91 Å². The van der Waals surface area contributed by atoms with E-state index < -0.39 is 5.41 Å². The molecule has 1 N–H and O–H groups in total. The fraction of sp³-hybridized carbons (Fsp3) is 0.350. The molecule has 0 bridgehead atoms. The maximum atomic E-state index is 14.0. The normalized spacial score (nSPS) is 16.9. The van der Waals surface area contributed by atoms with Gasteiger partial charge in [0.1, 0.15) is 16.9 Å². The van der Waals surface area contributed by atoms with Crippen molar-refractivity contribution in [2.75, 3.05) is 50.7 Å². The van der Waals surface area contributed by atoms with Gasteiger partial charge in [0, 0.05) is 68.2 Å². The van der Waals surface area contributed by atoms with Gasteiger partial charge in [-0.25, -0.2) is 0 Å². The molecular weight excluding hydrogens is 584 g/mol. The minimum atomic E-state index is -0.799. The first-order valence-corrected chi connectivity index (χ1v) is 17.1. The molecule has 0 aliphatic carbocycles. The molecule has 0 aromatic heterocycles. The van der Waals surface area contributed by atoms with Crippen LogP contribution in [0.5, 0.6) is 11.5 Å². The number of fused-ring (bicyclic) bond motifs is 3. The summed E-state index contributed by atoms with van der Waals surface area (Å²) in [7, 11) is 0. The van der Waals surface area contributed by atoms with Crippen molar-refractivity contribution in [2.24, 2.45) is 0 Å². The van der Waals surface area contributed by atoms with Crippen LogP contribution in [0.15, 0.2) is 91.0 Å². The van der Waals surface area contributed by atoms with Crippen LogP contribution in [-0.2, 0) is 23.2 Å². The average Bonchev–Trinajstić information content (AvgIpc) is 3.09. The third-order valence-corrected chi connectivity index (χ3v) is 10.1. The first kappa shape index (κ1) is 31.0. The maximum absolute atomic E-state index is 14.0. The van der Waals surface area contributed by atoms with Gasteiger partial charge >= 0.3 is 0 Å². The molecule has 7 nitrogen and oxygen atoms in total. The van der Waals surface area contributed by atoms with Gasteiger partial charge in [-0.1, -0.05) is 72.3 Å². The zero-order valence-corrected chi connectivity index (χ0v) is 27.5. The highest BCUT2D eigenvalue weighted by molar-refractivity contribution is 5.98. The predicted molar refractivity (Wildman–Crippen MR) is 186 cm³/mol. The molecule has 0 unspecified atom stereocenters. The van der Waals surface area contributed by atoms with E-state index in [2.05, 4.69) is 64.5 Å². The Labute approximate surface area is 278 Å². The van der Waals surface area contributed by atoms with Gasteiger partial charge in [0.05, 0.1) is 0 Å². The quantitative estimate of drug-likeness (QED) is 0.235. The fourth-order valence-electron chi connectivity index (χ4n) is 7.70. The number of carbonyl (C=O) groups is 2. The van der Waals surface area contributed by atoms with E-state index in [9.17, 15) is 9.59 Å². The number of hydrogen-bond acceptors (Lipinski definition) is 5. The van der Waals surface area contributed by atoms with Gasteiger partial charge in [-0.05, 0) is 75.0 Å². The molecule has 2 amide bonds. The molecule has 7 rings (SSSR count). The Morgan fingerprint density at radius 2 is 1.57 bits per heavy atom. The van der Waals surface area contributed by atoms with Gasteiger partial charge in [0.25, 0.3) is 5.91 Å². The van der Waals surface area contributed by atoms with Crippen molar-refractivity contribution in [3.05, 3.63) is 124 Å². The highest BCUT2D eigenvalue weighted by Crippen LogP contribution is 2.50. The molecule has 0 radical (unpaired) electrons. The molecule has 0 spiro atoms. The Morgan fingerprint density at radius 3 is 2.28 bits per heavy atom. The van der Waals surface area contributed by atoms with E-state index in [1.165, 1.54) is 11.1 Å². The summed E-state index contributed by atoms with van der Waals surface area (Å²) in [5.74, 6) is 1.68. The summed E-state index contributed by atoms with van der Waals surface area (Å²) in [6.45, 7) is 10.6. The molecule has 3 heterocycles. The number of para-hydroxylation sites is 2. The van der Waals surface area contributed by atoms with Gasteiger partial charge in [-0.2, -0.15) is 0 Å². The lowest BCUT2D eigenvalue weighted by atomic mass is 9.68. The zero-order chi connectivity index (χ0) is 32.4. The molecule has 0 atom stereocenters. The number of amides is 2. The summed E-state index contributed by atoms with van der Waals surface area (Å²) >= 11 is 0. The number of nitrogens with zero attached hydrogens (tertiary/aromatic N) is 3. The molecule has 3 aliphatic rings. The summed E-state index contributed by atoms with van der Waals surface area (Å²) in [6.07, 6.45) is 2.46. The molecule has 3 aliphatic heterocycles. The van der Waals surface area contributed by atoms with E-state index in [0.29, 0.717) is 19.5 Å². The molecule has 0 saturated carbocycles. The van der Waals surface area contributed by atoms with Crippen LogP contribution in [0.1, 0.15) is 57.9 Å². The number of nitrogens with one attached hydrogen (secondary N) is 1. The van der Waals surface area contributed by atoms with E-state index in [-0.39, 0.29) is 11.8 Å². The monoisotopic (exact) mass is 628 g/mol. The van der Waals surface area contributed by atoms with Crippen molar-refractivity contribution in [3.8, 4) is 11.5 Å². The minimum Gasteiger partial charge on any atom is -0.457 e. The minimum absolute atomic E-state index is 0.0347. The van der Waals surface area contributed by atoms with Crippen LogP contribution >= 0.6 is 0 Å². The first-order chi connectivity index (χ1) is 23.0. The Kier molecular flexibility index (Phi) is 8.74. The van der Waals surface area contributed by atoms with E-state index in [0.717, 1.165) is 91.6 Å². The summed E-state index contributed by atoms with van der Waals surface area (Å²) < 4.78 is 6.27. The standard InChI is InChI=1S/C40H44N4O3/c1-3-41-39(46)40(34-12-4-6-14-36(34)47-37-15-7-5-13-35(37)40)19-9-20-42-22-24-43(25-23-42)32-17-16-31-18-21-44(38(45)33(31)27-32)28-30-11-8-10-29(2)26-30/h4-8,10-17,26-27H,3,9,18-25,28H2,1-2H3,(H,41,46). The van der Waals surface area contributed by atoms with Crippen LogP contribution in [0.4, 0.5) is 5.69 Å². The highest BCUT2D eigenvalue weighted by atomic mass is 16.5. The lowest BCUT2D eigenvalue weighted by Gasteiger charge is -2.40. The fourth-order valence-corrected chi connectivity index (χ4v) is 7.70. The number of ether oxygens (including phenoxy) is 1. The smallest absolute Gasteiger partial charge is 0.254 e. The Bertz CT molecular complexity index is 1730. The Balaban J connectivity index is 1.01. The van der Waals surface area contributed by atoms with Crippen molar-refractivity contribution >= 4 is 17.5 Å². The largest absolute Gasteiger partial charge is 0.457 e. The third-order valence-electron chi connectivity index (χ3n) is 10.1. The number of rotatable bonds is 9. The molecule has 47 heavy (non-hydrogen) atoms. The van der Waals surface area contributed by atoms with Crippen molar-refractivity contribution in [1.82, 2.24) is 15.1 Å². The number of carbonyl (C=O) groups excluding carboxylic acids is 2. The van der Waals surface area contributed by atoms with Crippen LogP contribution < -0.4 is 15.0 Å². The van der Waals surface area contributed by atoms with Crippen molar-refractivity contribution in [3.63, 3.8) is 0 Å². The third kappa shape index (κ3) is 6.00. The number of likely N-dealkylation sites (N-methyl/N-ethyl adjacent to an activating group) is 1. The van der Waals surface area contributed by atoms with Crippen molar-refractivity contribution in [1.29, 1.82) is 0 Å². The summed E-state index contributed by atoms with van der Waals surface area (Å²) in [5, 5.41) is 3.15. The second-order valence-corrected chi connectivity index (χ2v) is 13.1. The predicted octanol–water partition coefficient (Wildman–Crippen LogP) is 6.32. The van der Waals surface area contributed by atoms with Crippen LogP contribution in [0.3, 0.4) is 0 Å². The average molecular weight is 629 g/mol. The lowest BCUT2D eigenvalue weighted by molar-refractivity contribution is -0.125. The molecule has 4 aromatic carbocycles. The number of aryl methyl sites for hydroxylation is 1. The number of anilines is 1. The van der Waals surface area contributed by atoms with Crippen molar-refractivity contribution in [2.45, 2.75) is 45.1 Å². The number of hydrogen-bond donors (Lipinski definition) is 1. The maximum Gasteiger partial charge on any atom is 0.254 e. The summed E-state index contributed by atoms with van der Waals surface area (Å²) in [6, 6.07) is 30.8. The van der Waals surface area contributed by atoms with Crippen LogP contribution in [0, 0.1) is 6.92 Å². The highest BCUT2D eigenvalue weighted by Gasteiger charge is 2.47. The van der Waals surface area contributed by atoms with E-state index in [4.69, 9.17) is 4.74 Å². The van der Waals surface area contributed by atoms with Crippen LogP contribution in [0.2, 0.25) is 0 Å². The van der Waals surface area contributed by atoms with Crippen molar-refractivity contribution < 1.29 is 14.3 Å². The molecule has 4 aromatic rings. The molecule has 242 valence electrons. The second kappa shape index (κ2) is 13.2. The molecular formula is C40H44N4O3. The number of piperazine rings is 1. The van der Waals surface area contributed by atoms with Crippen LogP contribution in [-0.4, -0.2) is 67.4 Å².